The fraction of sp³-hybridized carbons (Fsp3) is 0.294. The van der Waals surface area contributed by atoms with Gasteiger partial charge in [0.1, 0.15) is 11.3 Å². The Morgan fingerprint density at radius 2 is 1.83 bits per heavy atom. The topological polar surface area (TPSA) is 64.0 Å². The number of fused-ring (bicyclic) bond motifs is 1. The Bertz CT molecular complexity index is 831. The van der Waals surface area contributed by atoms with Crippen LogP contribution in [0.2, 0.25) is 0 Å². The molecule has 0 bridgehead atoms. The van der Waals surface area contributed by atoms with Crippen LogP contribution in [0.3, 0.4) is 0 Å². The summed E-state index contributed by atoms with van der Waals surface area (Å²) in [7, 11) is 0. The summed E-state index contributed by atoms with van der Waals surface area (Å²) in [5.41, 5.74) is 3.83. The van der Waals surface area contributed by atoms with E-state index in [2.05, 4.69) is 30.9 Å². The van der Waals surface area contributed by atoms with Crippen molar-refractivity contribution < 1.29 is 4.74 Å². The molecule has 4 rings (SSSR count). The van der Waals surface area contributed by atoms with E-state index in [1.54, 1.807) is 12.4 Å². The Morgan fingerprint density at radius 1 is 1.04 bits per heavy atom. The highest BCUT2D eigenvalue weighted by molar-refractivity contribution is 5.88. The van der Waals surface area contributed by atoms with E-state index in [9.17, 15) is 0 Å². The molecule has 4 heterocycles. The molecule has 1 saturated heterocycles. The maximum Gasteiger partial charge on any atom is 0.159 e. The highest BCUT2D eigenvalue weighted by atomic mass is 16.5. The van der Waals surface area contributed by atoms with Crippen molar-refractivity contribution in [1.82, 2.24) is 19.9 Å². The van der Waals surface area contributed by atoms with E-state index >= 15 is 0 Å². The Kier molecular flexibility index (Phi) is 3.59. The van der Waals surface area contributed by atoms with Crippen LogP contribution < -0.4 is 4.90 Å². The Hall–Kier alpha value is -2.60. The van der Waals surface area contributed by atoms with Crippen LogP contribution in [-0.2, 0) is 4.74 Å². The Balaban J connectivity index is 1.83. The normalized spacial score (nSPS) is 15.1. The van der Waals surface area contributed by atoms with Crippen LogP contribution in [0, 0.1) is 6.92 Å². The van der Waals surface area contributed by atoms with Crippen molar-refractivity contribution in [3.05, 3.63) is 42.6 Å². The molecule has 3 aromatic heterocycles. The van der Waals surface area contributed by atoms with Gasteiger partial charge in [-0.3, -0.25) is 9.97 Å². The fourth-order valence-corrected chi connectivity index (χ4v) is 2.81. The second-order valence-corrected chi connectivity index (χ2v) is 5.52. The molecular formula is C17H17N5O. The van der Waals surface area contributed by atoms with Gasteiger partial charge in [0.05, 0.1) is 18.7 Å². The largest absolute Gasteiger partial charge is 0.378 e. The van der Waals surface area contributed by atoms with Crippen LogP contribution >= 0.6 is 0 Å². The molecule has 1 fully saturated rings. The van der Waals surface area contributed by atoms with Crippen molar-refractivity contribution in [2.45, 2.75) is 6.92 Å². The first-order valence-electron chi connectivity index (χ1n) is 7.69. The summed E-state index contributed by atoms with van der Waals surface area (Å²) in [6.45, 7) is 5.03. The lowest BCUT2D eigenvalue weighted by Crippen LogP contribution is -2.37. The first-order valence-corrected chi connectivity index (χ1v) is 7.69. The lowest BCUT2D eigenvalue weighted by Gasteiger charge is -2.28. The molecule has 0 aromatic carbocycles. The molecule has 3 aromatic rings. The van der Waals surface area contributed by atoms with Gasteiger partial charge < -0.3 is 9.64 Å². The van der Waals surface area contributed by atoms with Crippen LogP contribution in [0.5, 0.6) is 0 Å². The van der Waals surface area contributed by atoms with Gasteiger partial charge in [-0.15, -0.1) is 0 Å². The van der Waals surface area contributed by atoms with E-state index in [1.165, 1.54) is 0 Å². The molecule has 0 radical (unpaired) electrons. The molecule has 0 unspecified atom stereocenters. The van der Waals surface area contributed by atoms with Gasteiger partial charge in [0.2, 0.25) is 0 Å². The number of nitrogens with zero attached hydrogens (tertiary/aromatic N) is 5. The maximum atomic E-state index is 5.43. The minimum Gasteiger partial charge on any atom is -0.378 e. The van der Waals surface area contributed by atoms with E-state index in [-0.39, 0.29) is 0 Å². The third kappa shape index (κ3) is 2.73. The van der Waals surface area contributed by atoms with E-state index < -0.39 is 0 Å². The van der Waals surface area contributed by atoms with Crippen LogP contribution in [-0.4, -0.2) is 46.2 Å². The number of hydrogen-bond acceptors (Lipinski definition) is 6. The zero-order chi connectivity index (χ0) is 15.6. The zero-order valence-electron chi connectivity index (χ0n) is 12.9. The van der Waals surface area contributed by atoms with Gasteiger partial charge in [-0.2, -0.15) is 0 Å². The number of anilines is 1. The standard InChI is InChI=1S/C17H17N5O/c1-12-20-15-10-14(13-2-4-18-5-3-13)11-19-16(15)17(21-12)22-6-8-23-9-7-22/h2-5,10-11H,6-9H2,1H3. The molecule has 23 heavy (non-hydrogen) atoms. The first kappa shape index (κ1) is 14.0. The smallest absolute Gasteiger partial charge is 0.159 e. The molecule has 116 valence electrons. The summed E-state index contributed by atoms with van der Waals surface area (Å²) in [4.78, 5) is 20.1. The van der Waals surface area contributed by atoms with E-state index in [4.69, 9.17) is 4.74 Å². The molecule has 0 atom stereocenters. The summed E-state index contributed by atoms with van der Waals surface area (Å²) >= 11 is 0. The predicted molar refractivity (Wildman–Crippen MR) is 88.3 cm³/mol. The van der Waals surface area contributed by atoms with Crippen molar-refractivity contribution >= 4 is 16.9 Å². The molecular weight excluding hydrogens is 290 g/mol. The van der Waals surface area contributed by atoms with Gasteiger partial charge in [-0.25, -0.2) is 9.97 Å². The van der Waals surface area contributed by atoms with Crippen LogP contribution in [0.1, 0.15) is 5.82 Å². The number of hydrogen-bond donors (Lipinski definition) is 0. The number of aryl methyl sites for hydroxylation is 1. The molecule has 0 aliphatic carbocycles. The van der Waals surface area contributed by atoms with E-state index in [1.807, 2.05) is 25.3 Å². The summed E-state index contributed by atoms with van der Waals surface area (Å²) in [5, 5.41) is 0. The van der Waals surface area contributed by atoms with E-state index in [0.29, 0.717) is 0 Å². The van der Waals surface area contributed by atoms with Gasteiger partial charge in [0, 0.05) is 37.2 Å². The Labute approximate surface area is 134 Å². The highest BCUT2D eigenvalue weighted by Crippen LogP contribution is 2.26. The summed E-state index contributed by atoms with van der Waals surface area (Å²) in [6.07, 6.45) is 5.44. The second kappa shape index (κ2) is 5.89. The number of pyridine rings is 2. The predicted octanol–water partition coefficient (Wildman–Crippen LogP) is 2.23. The average Bonchev–Trinajstić information content (AvgIpc) is 2.62. The summed E-state index contributed by atoms with van der Waals surface area (Å²) in [5.74, 6) is 1.66. The van der Waals surface area contributed by atoms with Crippen molar-refractivity contribution in [3.8, 4) is 11.1 Å². The fourth-order valence-electron chi connectivity index (χ4n) is 2.81. The number of rotatable bonds is 2. The van der Waals surface area contributed by atoms with Gasteiger partial charge in [0.25, 0.3) is 0 Å². The SMILES string of the molecule is Cc1nc(N2CCOCC2)c2ncc(-c3ccncc3)cc2n1. The molecule has 1 aliphatic rings. The number of aromatic nitrogens is 4. The van der Waals surface area contributed by atoms with Crippen molar-refractivity contribution in [2.24, 2.45) is 0 Å². The minimum absolute atomic E-state index is 0.722. The first-order chi connectivity index (χ1) is 11.3. The number of morpholine rings is 1. The quantitative estimate of drug-likeness (QED) is 0.723. The monoisotopic (exact) mass is 307 g/mol. The van der Waals surface area contributed by atoms with Crippen molar-refractivity contribution in [1.29, 1.82) is 0 Å². The summed E-state index contributed by atoms with van der Waals surface area (Å²) in [6, 6.07) is 6.01. The molecule has 6 heteroatoms. The maximum absolute atomic E-state index is 5.43. The van der Waals surface area contributed by atoms with Crippen LogP contribution in [0.25, 0.3) is 22.2 Å². The van der Waals surface area contributed by atoms with Crippen LogP contribution in [0.15, 0.2) is 36.8 Å². The number of ether oxygens (including phenoxy) is 1. The Morgan fingerprint density at radius 3 is 2.61 bits per heavy atom. The molecule has 0 N–H and O–H groups in total. The van der Waals surface area contributed by atoms with Gasteiger partial charge in [0.15, 0.2) is 5.82 Å². The third-order valence-electron chi connectivity index (χ3n) is 3.95. The van der Waals surface area contributed by atoms with Crippen molar-refractivity contribution in [3.63, 3.8) is 0 Å². The average molecular weight is 307 g/mol. The lowest BCUT2D eigenvalue weighted by atomic mass is 10.1. The minimum atomic E-state index is 0.722. The van der Waals surface area contributed by atoms with Gasteiger partial charge in [-0.1, -0.05) is 0 Å². The summed E-state index contributed by atoms with van der Waals surface area (Å²) < 4.78 is 5.43. The lowest BCUT2D eigenvalue weighted by molar-refractivity contribution is 0.122. The van der Waals surface area contributed by atoms with Gasteiger partial charge >= 0.3 is 0 Å². The molecule has 0 amide bonds. The van der Waals surface area contributed by atoms with Gasteiger partial charge in [-0.05, 0) is 30.7 Å². The molecule has 0 saturated carbocycles. The highest BCUT2D eigenvalue weighted by Gasteiger charge is 2.17. The van der Waals surface area contributed by atoms with Crippen molar-refractivity contribution in [2.75, 3.05) is 31.2 Å². The molecule has 1 aliphatic heterocycles. The zero-order valence-corrected chi connectivity index (χ0v) is 12.9. The van der Waals surface area contributed by atoms with Crippen LogP contribution in [0.4, 0.5) is 5.82 Å². The molecule has 0 spiro atoms. The third-order valence-corrected chi connectivity index (χ3v) is 3.95. The molecule has 6 nitrogen and oxygen atoms in total. The van der Waals surface area contributed by atoms with E-state index in [0.717, 1.165) is 60.1 Å². The second-order valence-electron chi connectivity index (χ2n) is 5.52.